The maximum Gasteiger partial charge on any atom is -0.00923 e. The van der Waals surface area contributed by atoms with Crippen molar-refractivity contribution in [1.29, 1.82) is 0 Å². The van der Waals surface area contributed by atoms with Gasteiger partial charge in [-0.15, -0.1) is 0 Å². The fourth-order valence-electron chi connectivity index (χ4n) is 7.21. The van der Waals surface area contributed by atoms with E-state index in [1.54, 1.807) is 0 Å². The predicted molar refractivity (Wildman–Crippen MR) is 184 cm³/mol. The normalized spacial score (nSPS) is 11.8. The molecule has 0 heterocycles. The van der Waals surface area contributed by atoms with E-state index in [4.69, 9.17) is 0 Å². The first kappa shape index (κ1) is 23.3. The number of hydrogen-bond acceptors (Lipinski definition) is 0. The van der Waals surface area contributed by atoms with Gasteiger partial charge in [0.25, 0.3) is 0 Å². The Kier molecular flexibility index (Phi) is 5.00. The van der Waals surface area contributed by atoms with Crippen molar-refractivity contribution < 1.29 is 0 Å². The van der Waals surface area contributed by atoms with Crippen molar-refractivity contribution in [2.45, 2.75) is 0 Å². The quantitative estimate of drug-likeness (QED) is 0.183. The molecule has 0 saturated carbocycles. The number of hydrogen-bond donors (Lipinski definition) is 0. The Morgan fingerprint density at radius 2 is 0.262 bits per heavy atom. The minimum Gasteiger partial charge on any atom is -0.0616 e. The van der Waals surface area contributed by atoms with E-state index in [2.05, 4.69) is 158 Å². The van der Waals surface area contributed by atoms with Crippen LogP contribution in [0.4, 0.5) is 0 Å². The highest BCUT2D eigenvalue weighted by molar-refractivity contribution is 6.32. The summed E-state index contributed by atoms with van der Waals surface area (Å²) in [6, 6.07) is 58.3. The molecule has 0 unspecified atom stereocenters. The van der Waals surface area contributed by atoms with Crippen molar-refractivity contribution in [2.24, 2.45) is 0 Å². The molecule has 0 N–H and O–H groups in total. The summed E-state index contributed by atoms with van der Waals surface area (Å²) < 4.78 is 0. The van der Waals surface area contributed by atoms with Gasteiger partial charge in [0.05, 0.1) is 0 Å². The van der Waals surface area contributed by atoms with Gasteiger partial charge in [0, 0.05) is 0 Å². The molecule has 9 aromatic rings. The van der Waals surface area contributed by atoms with Gasteiger partial charge in [-0.05, 0) is 98.3 Å². The molecule has 0 radical (unpaired) electrons. The van der Waals surface area contributed by atoms with E-state index in [0.717, 1.165) is 0 Å². The SMILES string of the molecule is c1ccc2c(c1)c1ccccc1c1cc3c4ccccc4c4ccccc4c4ccccc4c3cc1c1ccccc21. The summed E-state index contributed by atoms with van der Waals surface area (Å²) in [5.74, 6) is 0. The summed E-state index contributed by atoms with van der Waals surface area (Å²) in [6.45, 7) is 0. The van der Waals surface area contributed by atoms with Crippen LogP contribution in [0.3, 0.4) is 0 Å². The summed E-state index contributed by atoms with van der Waals surface area (Å²) in [7, 11) is 0. The molecule has 0 heteroatoms. The Bertz CT molecular complexity index is 2260. The van der Waals surface area contributed by atoms with E-state index >= 15 is 0 Å². The van der Waals surface area contributed by atoms with Crippen LogP contribution in [0.1, 0.15) is 0 Å². The van der Waals surface area contributed by atoms with Crippen molar-refractivity contribution in [3.05, 3.63) is 158 Å². The van der Waals surface area contributed by atoms with Crippen LogP contribution in [0.15, 0.2) is 158 Å². The van der Waals surface area contributed by atoms with Crippen LogP contribution in [0.5, 0.6) is 0 Å². The van der Waals surface area contributed by atoms with Gasteiger partial charge in [0.15, 0.2) is 0 Å². The second kappa shape index (κ2) is 9.03. The maximum atomic E-state index is 2.47. The van der Waals surface area contributed by atoms with Crippen molar-refractivity contribution in [3.63, 3.8) is 0 Å². The average Bonchev–Trinajstić information content (AvgIpc) is 3.07. The predicted octanol–water partition coefficient (Wildman–Crippen LogP) is 12.0. The summed E-state index contributed by atoms with van der Waals surface area (Å²) in [4.78, 5) is 0. The molecule has 0 bridgehead atoms. The van der Waals surface area contributed by atoms with Gasteiger partial charge < -0.3 is 0 Å². The topological polar surface area (TPSA) is 0 Å². The summed E-state index contributed by atoms with van der Waals surface area (Å²) in [5, 5.41) is 20.3. The van der Waals surface area contributed by atoms with Gasteiger partial charge in [-0.25, -0.2) is 0 Å². The van der Waals surface area contributed by atoms with Gasteiger partial charge in [0.1, 0.15) is 0 Å². The lowest BCUT2D eigenvalue weighted by atomic mass is 9.90. The Hall–Kier alpha value is -5.46. The van der Waals surface area contributed by atoms with Crippen LogP contribution in [-0.4, -0.2) is 0 Å². The summed E-state index contributed by atoms with van der Waals surface area (Å²) in [5.41, 5.74) is 0. The van der Waals surface area contributed by atoms with Gasteiger partial charge in [-0.3, -0.25) is 0 Å². The molecular formula is C42H26. The lowest BCUT2D eigenvalue weighted by Gasteiger charge is -2.14. The van der Waals surface area contributed by atoms with Crippen molar-refractivity contribution in [3.8, 4) is 0 Å². The third-order valence-electron chi connectivity index (χ3n) is 9.04. The van der Waals surface area contributed by atoms with Crippen LogP contribution in [0.2, 0.25) is 0 Å². The van der Waals surface area contributed by atoms with E-state index in [1.165, 1.54) is 86.2 Å². The van der Waals surface area contributed by atoms with Gasteiger partial charge in [-0.2, -0.15) is 0 Å². The van der Waals surface area contributed by atoms with Gasteiger partial charge in [-0.1, -0.05) is 146 Å². The molecule has 0 aliphatic carbocycles. The zero-order valence-electron chi connectivity index (χ0n) is 23.0. The largest absolute Gasteiger partial charge is 0.0616 e. The van der Waals surface area contributed by atoms with E-state index in [9.17, 15) is 0 Å². The third kappa shape index (κ3) is 3.30. The first-order valence-corrected chi connectivity index (χ1v) is 14.6. The molecule has 0 nitrogen and oxygen atoms in total. The van der Waals surface area contributed by atoms with Crippen molar-refractivity contribution in [2.75, 3.05) is 0 Å². The maximum absolute atomic E-state index is 2.47. The average molecular weight is 531 g/mol. The zero-order chi connectivity index (χ0) is 27.6. The lowest BCUT2D eigenvalue weighted by molar-refractivity contribution is 1.78. The van der Waals surface area contributed by atoms with E-state index in [-0.39, 0.29) is 0 Å². The molecule has 0 aliphatic rings. The fourth-order valence-corrected chi connectivity index (χ4v) is 7.21. The Balaban J connectivity index is 1.70. The van der Waals surface area contributed by atoms with E-state index in [1.807, 2.05) is 0 Å². The van der Waals surface area contributed by atoms with Crippen molar-refractivity contribution >= 4 is 86.2 Å². The van der Waals surface area contributed by atoms with Gasteiger partial charge in [0.2, 0.25) is 0 Å². The monoisotopic (exact) mass is 530 g/mol. The van der Waals surface area contributed by atoms with Crippen molar-refractivity contribution in [1.82, 2.24) is 0 Å². The standard InChI is InChI=1S/C42H26/c1-2-14-28-27(13-1)31-17-5-9-21-35(31)39-25-41-37-23-11-7-19-33(37)29-15-3-4-16-30(29)34-20-8-12-24-38(34)42(41)26-40(39)36-22-10-6-18-32(28)36/h1-26H. The first-order chi connectivity index (χ1) is 20.9. The molecule has 0 fully saturated rings. The molecule has 0 spiro atoms. The van der Waals surface area contributed by atoms with Gasteiger partial charge >= 0.3 is 0 Å². The molecule has 0 atom stereocenters. The Labute approximate surface area is 243 Å². The number of benzene rings is 7. The highest BCUT2D eigenvalue weighted by atomic mass is 14.2. The second-order valence-electron chi connectivity index (χ2n) is 11.2. The third-order valence-corrected chi connectivity index (χ3v) is 9.04. The molecule has 42 heavy (non-hydrogen) atoms. The summed E-state index contributed by atoms with van der Waals surface area (Å²) >= 11 is 0. The molecule has 194 valence electrons. The second-order valence-corrected chi connectivity index (χ2v) is 11.2. The lowest BCUT2D eigenvalue weighted by Crippen LogP contribution is -1.86. The molecule has 0 saturated heterocycles. The summed E-state index contributed by atoms with van der Waals surface area (Å²) in [6.07, 6.45) is 0. The number of fused-ring (bicyclic) bond motifs is 16. The molecule has 0 amide bonds. The zero-order valence-corrected chi connectivity index (χ0v) is 23.0. The molecular weight excluding hydrogens is 504 g/mol. The van der Waals surface area contributed by atoms with Crippen LogP contribution < -0.4 is 0 Å². The van der Waals surface area contributed by atoms with E-state index in [0.29, 0.717) is 0 Å². The molecule has 9 rings (SSSR count). The first-order valence-electron chi connectivity index (χ1n) is 14.6. The molecule has 0 aromatic heterocycles. The molecule has 9 aromatic carbocycles. The molecule has 0 aliphatic heterocycles. The fraction of sp³-hybridized carbons (Fsp3) is 0. The Morgan fingerprint density at radius 3 is 0.405 bits per heavy atom. The number of rotatable bonds is 0. The highest BCUT2D eigenvalue weighted by Gasteiger charge is 2.13. The smallest absolute Gasteiger partial charge is 0.00923 e. The van der Waals surface area contributed by atoms with Crippen LogP contribution >= 0.6 is 0 Å². The Morgan fingerprint density at radius 1 is 0.143 bits per heavy atom. The van der Waals surface area contributed by atoms with E-state index < -0.39 is 0 Å². The van der Waals surface area contributed by atoms with Crippen LogP contribution in [0, 0.1) is 0 Å². The van der Waals surface area contributed by atoms with Crippen LogP contribution in [-0.2, 0) is 0 Å². The van der Waals surface area contributed by atoms with Crippen LogP contribution in [0.25, 0.3) is 86.2 Å². The minimum absolute atomic E-state index is 1.27. The minimum atomic E-state index is 1.27. The highest BCUT2D eigenvalue weighted by Crippen LogP contribution is 2.41.